The van der Waals surface area contributed by atoms with Gasteiger partial charge in [0.05, 0.1) is 0 Å². The van der Waals surface area contributed by atoms with E-state index in [2.05, 4.69) is 17.4 Å². The molecule has 0 radical (unpaired) electrons. The molecule has 0 bridgehead atoms. The molecule has 0 aliphatic heterocycles. The third-order valence-electron chi connectivity index (χ3n) is 4.25. The summed E-state index contributed by atoms with van der Waals surface area (Å²) in [7, 11) is 0. The summed E-state index contributed by atoms with van der Waals surface area (Å²) in [6, 6.07) is 17.0. The molecule has 23 heavy (non-hydrogen) atoms. The highest BCUT2D eigenvalue weighted by Crippen LogP contribution is 2.47. The summed E-state index contributed by atoms with van der Waals surface area (Å²) in [5.41, 5.74) is 1.97. The van der Waals surface area contributed by atoms with Gasteiger partial charge in [0.1, 0.15) is 12.0 Å². The lowest BCUT2D eigenvalue weighted by Crippen LogP contribution is -2.35. The molecule has 0 heterocycles. The third-order valence-corrected chi connectivity index (χ3v) is 4.25. The second kappa shape index (κ2) is 6.65. The summed E-state index contributed by atoms with van der Waals surface area (Å²) in [6.45, 7) is 0.620. The van der Waals surface area contributed by atoms with E-state index in [9.17, 15) is 9.59 Å². The second-order valence-corrected chi connectivity index (χ2v) is 5.90. The van der Waals surface area contributed by atoms with Gasteiger partial charge in [0.25, 0.3) is 5.91 Å². The van der Waals surface area contributed by atoms with E-state index in [0.29, 0.717) is 17.9 Å². The molecule has 0 unspecified atom stereocenters. The van der Waals surface area contributed by atoms with Gasteiger partial charge < -0.3 is 10.1 Å². The SMILES string of the molecule is O=Cc1ccc(OCC(=O)NCC2(c3ccccc3)CC2)cc1. The molecule has 1 fully saturated rings. The van der Waals surface area contributed by atoms with Crippen LogP contribution >= 0.6 is 0 Å². The molecular weight excluding hydrogens is 290 g/mol. The fourth-order valence-electron chi connectivity index (χ4n) is 2.62. The van der Waals surface area contributed by atoms with Gasteiger partial charge >= 0.3 is 0 Å². The van der Waals surface area contributed by atoms with Crippen LogP contribution in [0.3, 0.4) is 0 Å². The van der Waals surface area contributed by atoms with E-state index in [1.54, 1.807) is 24.3 Å². The molecule has 0 aromatic heterocycles. The predicted molar refractivity (Wildman–Crippen MR) is 87.7 cm³/mol. The first-order chi connectivity index (χ1) is 11.2. The number of hydrogen-bond acceptors (Lipinski definition) is 3. The van der Waals surface area contributed by atoms with Crippen molar-refractivity contribution in [3.8, 4) is 5.75 Å². The van der Waals surface area contributed by atoms with Crippen LogP contribution in [0.4, 0.5) is 0 Å². The number of ether oxygens (including phenoxy) is 1. The molecule has 0 atom stereocenters. The van der Waals surface area contributed by atoms with E-state index in [-0.39, 0.29) is 17.9 Å². The van der Waals surface area contributed by atoms with Crippen LogP contribution < -0.4 is 10.1 Å². The first kappa shape index (κ1) is 15.3. The van der Waals surface area contributed by atoms with E-state index in [1.807, 2.05) is 18.2 Å². The van der Waals surface area contributed by atoms with Gasteiger partial charge in [-0.25, -0.2) is 0 Å². The molecule has 4 heteroatoms. The highest BCUT2D eigenvalue weighted by atomic mass is 16.5. The highest BCUT2D eigenvalue weighted by molar-refractivity contribution is 5.78. The van der Waals surface area contributed by atoms with E-state index in [4.69, 9.17) is 4.74 Å². The van der Waals surface area contributed by atoms with E-state index < -0.39 is 0 Å². The maximum absolute atomic E-state index is 12.0. The Kier molecular flexibility index (Phi) is 4.42. The van der Waals surface area contributed by atoms with Crippen LogP contribution in [0.5, 0.6) is 5.75 Å². The van der Waals surface area contributed by atoms with E-state index in [0.717, 1.165) is 19.1 Å². The van der Waals surface area contributed by atoms with Crippen molar-refractivity contribution in [2.24, 2.45) is 0 Å². The van der Waals surface area contributed by atoms with Crippen molar-refractivity contribution in [1.82, 2.24) is 5.32 Å². The fourth-order valence-corrected chi connectivity index (χ4v) is 2.62. The molecule has 2 aromatic rings. The van der Waals surface area contributed by atoms with Gasteiger partial charge in [-0.1, -0.05) is 30.3 Å². The minimum absolute atomic E-state index is 0.0225. The summed E-state index contributed by atoms with van der Waals surface area (Å²) < 4.78 is 5.43. The van der Waals surface area contributed by atoms with E-state index >= 15 is 0 Å². The predicted octanol–water partition coefficient (Wildman–Crippen LogP) is 2.73. The Bertz CT molecular complexity index is 676. The number of amides is 1. The molecular formula is C19H19NO3. The summed E-state index contributed by atoms with van der Waals surface area (Å²) in [5, 5.41) is 2.96. The van der Waals surface area contributed by atoms with Crippen LogP contribution in [0.1, 0.15) is 28.8 Å². The minimum Gasteiger partial charge on any atom is -0.484 e. The topological polar surface area (TPSA) is 55.4 Å². The van der Waals surface area contributed by atoms with Crippen LogP contribution in [0.15, 0.2) is 54.6 Å². The van der Waals surface area contributed by atoms with Gasteiger partial charge in [-0.3, -0.25) is 9.59 Å². The van der Waals surface area contributed by atoms with Crippen molar-refractivity contribution >= 4 is 12.2 Å². The summed E-state index contributed by atoms with van der Waals surface area (Å²) in [5.74, 6) is 0.446. The van der Waals surface area contributed by atoms with Crippen molar-refractivity contribution in [2.75, 3.05) is 13.2 Å². The highest BCUT2D eigenvalue weighted by Gasteiger charge is 2.44. The van der Waals surface area contributed by atoms with Gasteiger partial charge in [0, 0.05) is 17.5 Å². The van der Waals surface area contributed by atoms with Crippen LogP contribution in [0.2, 0.25) is 0 Å². The molecule has 1 aliphatic carbocycles. The molecule has 1 aliphatic rings. The Balaban J connectivity index is 1.47. The zero-order chi connectivity index (χ0) is 16.1. The van der Waals surface area contributed by atoms with Gasteiger partial charge in [-0.2, -0.15) is 0 Å². The minimum atomic E-state index is -0.133. The van der Waals surface area contributed by atoms with Crippen molar-refractivity contribution in [3.63, 3.8) is 0 Å². The Morgan fingerprint density at radius 2 is 1.78 bits per heavy atom. The van der Waals surface area contributed by atoms with Gasteiger partial charge in [0.2, 0.25) is 0 Å². The number of benzene rings is 2. The van der Waals surface area contributed by atoms with Crippen molar-refractivity contribution < 1.29 is 14.3 Å². The normalized spacial score (nSPS) is 14.8. The Morgan fingerprint density at radius 1 is 1.09 bits per heavy atom. The first-order valence-electron chi connectivity index (χ1n) is 7.72. The smallest absolute Gasteiger partial charge is 0.257 e. The Hall–Kier alpha value is -2.62. The van der Waals surface area contributed by atoms with Gasteiger partial charge in [-0.15, -0.1) is 0 Å². The number of carbonyl (C=O) groups excluding carboxylic acids is 2. The molecule has 1 saturated carbocycles. The molecule has 1 amide bonds. The maximum atomic E-state index is 12.0. The molecule has 118 valence electrons. The average molecular weight is 309 g/mol. The number of aldehydes is 1. The molecule has 0 saturated heterocycles. The first-order valence-corrected chi connectivity index (χ1v) is 7.72. The molecule has 0 spiro atoms. The second-order valence-electron chi connectivity index (χ2n) is 5.90. The number of carbonyl (C=O) groups is 2. The standard InChI is InChI=1S/C19H19NO3/c21-12-15-6-8-17(9-7-15)23-13-18(22)20-14-19(10-11-19)16-4-2-1-3-5-16/h1-9,12H,10-11,13-14H2,(H,20,22). The summed E-state index contributed by atoms with van der Waals surface area (Å²) >= 11 is 0. The largest absolute Gasteiger partial charge is 0.484 e. The maximum Gasteiger partial charge on any atom is 0.257 e. The van der Waals surface area contributed by atoms with Gasteiger partial charge in [0.15, 0.2) is 6.61 Å². The number of hydrogen-bond donors (Lipinski definition) is 1. The lowest BCUT2D eigenvalue weighted by Gasteiger charge is -2.16. The lowest BCUT2D eigenvalue weighted by molar-refractivity contribution is -0.123. The lowest BCUT2D eigenvalue weighted by atomic mass is 9.96. The average Bonchev–Trinajstić information content (AvgIpc) is 3.41. The fraction of sp³-hybridized carbons (Fsp3) is 0.263. The third kappa shape index (κ3) is 3.77. The molecule has 1 N–H and O–H groups in total. The Labute approximate surface area is 135 Å². The van der Waals surface area contributed by atoms with Crippen molar-refractivity contribution in [3.05, 3.63) is 65.7 Å². The number of rotatable bonds is 7. The monoisotopic (exact) mass is 309 g/mol. The molecule has 2 aromatic carbocycles. The quantitative estimate of drug-likeness (QED) is 0.800. The van der Waals surface area contributed by atoms with Crippen molar-refractivity contribution in [2.45, 2.75) is 18.3 Å². The van der Waals surface area contributed by atoms with Crippen LogP contribution in [-0.2, 0) is 10.2 Å². The van der Waals surface area contributed by atoms with Crippen LogP contribution in [-0.4, -0.2) is 25.3 Å². The van der Waals surface area contributed by atoms with E-state index in [1.165, 1.54) is 5.56 Å². The Morgan fingerprint density at radius 3 is 2.39 bits per heavy atom. The summed E-state index contributed by atoms with van der Waals surface area (Å²) in [6.07, 6.45) is 2.98. The van der Waals surface area contributed by atoms with Crippen molar-refractivity contribution in [1.29, 1.82) is 0 Å². The van der Waals surface area contributed by atoms with Crippen LogP contribution in [0, 0.1) is 0 Å². The number of nitrogens with one attached hydrogen (secondary N) is 1. The molecule has 3 rings (SSSR count). The van der Waals surface area contributed by atoms with Gasteiger partial charge in [-0.05, 0) is 42.7 Å². The zero-order valence-electron chi connectivity index (χ0n) is 12.8. The molecule has 4 nitrogen and oxygen atoms in total. The summed E-state index contributed by atoms with van der Waals surface area (Å²) in [4.78, 5) is 22.5. The van der Waals surface area contributed by atoms with Crippen LogP contribution in [0.25, 0.3) is 0 Å². The zero-order valence-corrected chi connectivity index (χ0v) is 12.8.